The summed E-state index contributed by atoms with van der Waals surface area (Å²) in [6.07, 6.45) is 3.11. The van der Waals surface area contributed by atoms with Gasteiger partial charge in [-0.05, 0) is 30.3 Å². The van der Waals surface area contributed by atoms with Crippen molar-refractivity contribution in [3.05, 3.63) is 58.9 Å². The van der Waals surface area contributed by atoms with Gasteiger partial charge in [-0.15, -0.1) is 0 Å². The second-order valence-corrected chi connectivity index (χ2v) is 5.60. The van der Waals surface area contributed by atoms with E-state index in [1.165, 1.54) is 6.20 Å². The van der Waals surface area contributed by atoms with Gasteiger partial charge in [0.1, 0.15) is 5.82 Å². The quantitative estimate of drug-likeness (QED) is 0.745. The summed E-state index contributed by atoms with van der Waals surface area (Å²) < 4.78 is 1.90. The Morgan fingerprint density at radius 1 is 1.35 bits per heavy atom. The zero-order valence-corrected chi connectivity index (χ0v) is 12.8. The second-order valence-electron chi connectivity index (χ2n) is 5.16. The van der Waals surface area contributed by atoms with Crippen molar-refractivity contribution in [2.75, 3.05) is 11.9 Å². The number of carbonyl (C=O) groups excluding carboxylic acids is 1. The Bertz CT molecular complexity index is 981. The molecule has 1 aliphatic rings. The van der Waals surface area contributed by atoms with E-state index in [9.17, 15) is 4.79 Å². The average Bonchev–Trinajstić information content (AvgIpc) is 3.06. The summed E-state index contributed by atoms with van der Waals surface area (Å²) in [5.41, 5.74) is 1.56. The van der Waals surface area contributed by atoms with E-state index in [1.807, 2.05) is 16.7 Å². The monoisotopic (exact) mass is 325 g/mol. The van der Waals surface area contributed by atoms with Crippen LogP contribution in [0.15, 0.2) is 47.7 Å². The number of fused-ring (bicyclic) bond motifs is 3. The SMILES string of the molecule is O=C(N=c1nc2ccc(Cl)cc2c2n1CCN2)c1cccnc1. The Hall–Kier alpha value is -2.73. The molecule has 4 rings (SSSR count). The molecule has 1 amide bonds. The Balaban J connectivity index is 1.93. The van der Waals surface area contributed by atoms with Crippen molar-refractivity contribution in [1.82, 2.24) is 14.5 Å². The number of hydrogen-bond acceptors (Lipinski definition) is 4. The summed E-state index contributed by atoms with van der Waals surface area (Å²) >= 11 is 6.08. The van der Waals surface area contributed by atoms with E-state index in [0.717, 1.165) is 23.3 Å². The van der Waals surface area contributed by atoms with Gasteiger partial charge in [-0.2, -0.15) is 4.99 Å². The van der Waals surface area contributed by atoms with E-state index >= 15 is 0 Å². The van der Waals surface area contributed by atoms with E-state index in [4.69, 9.17) is 11.6 Å². The van der Waals surface area contributed by atoms with E-state index in [2.05, 4.69) is 20.3 Å². The Labute approximate surface area is 136 Å². The summed E-state index contributed by atoms with van der Waals surface area (Å²) in [6.45, 7) is 1.46. The molecule has 1 aliphatic heterocycles. The van der Waals surface area contributed by atoms with Crippen molar-refractivity contribution in [2.24, 2.45) is 4.99 Å². The average molecular weight is 326 g/mol. The van der Waals surface area contributed by atoms with E-state index < -0.39 is 0 Å². The summed E-state index contributed by atoms with van der Waals surface area (Å²) in [4.78, 5) is 24.9. The highest BCUT2D eigenvalue weighted by molar-refractivity contribution is 6.31. The van der Waals surface area contributed by atoms with Crippen LogP contribution in [0.5, 0.6) is 0 Å². The molecule has 7 heteroatoms. The summed E-state index contributed by atoms with van der Waals surface area (Å²) in [5.74, 6) is 0.524. The molecule has 3 aromatic rings. The molecule has 0 spiro atoms. The van der Waals surface area contributed by atoms with Gasteiger partial charge in [-0.25, -0.2) is 4.98 Å². The van der Waals surface area contributed by atoms with Gasteiger partial charge in [0.05, 0.1) is 11.1 Å². The molecule has 114 valence electrons. The third-order valence-corrected chi connectivity index (χ3v) is 3.92. The van der Waals surface area contributed by atoms with Crippen molar-refractivity contribution in [2.45, 2.75) is 6.54 Å². The minimum absolute atomic E-state index is 0.361. The maximum atomic E-state index is 12.3. The predicted molar refractivity (Wildman–Crippen MR) is 87.4 cm³/mol. The fourth-order valence-corrected chi connectivity index (χ4v) is 2.80. The van der Waals surface area contributed by atoms with Crippen molar-refractivity contribution >= 4 is 34.2 Å². The number of pyridine rings is 1. The van der Waals surface area contributed by atoms with Crippen LogP contribution < -0.4 is 10.9 Å². The summed E-state index contributed by atoms with van der Waals surface area (Å²) in [6, 6.07) is 8.85. The van der Waals surface area contributed by atoms with Gasteiger partial charge in [0.2, 0.25) is 5.62 Å². The first-order chi connectivity index (χ1) is 11.2. The summed E-state index contributed by atoms with van der Waals surface area (Å²) in [7, 11) is 0. The predicted octanol–water partition coefficient (Wildman–Crippen LogP) is 2.25. The zero-order chi connectivity index (χ0) is 15.8. The van der Waals surface area contributed by atoms with Crippen molar-refractivity contribution in [3.63, 3.8) is 0 Å². The lowest BCUT2D eigenvalue weighted by molar-refractivity contribution is 0.0996. The molecule has 0 saturated heterocycles. The van der Waals surface area contributed by atoms with Gasteiger partial charge in [0, 0.05) is 35.9 Å². The lowest BCUT2D eigenvalue weighted by Crippen LogP contribution is -2.24. The molecular weight excluding hydrogens is 314 g/mol. The molecule has 3 heterocycles. The van der Waals surface area contributed by atoms with Crippen LogP contribution in [0.4, 0.5) is 5.82 Å². The van der Waals surface area contributed by atoms with Crippen LogP contribution in [-0.4, -0.2) is 27.0 Å². The highest BCUT2D eigenvalue weighted by Crippen LogP contribution is 2.25. The molecule has 0 unspecified atom stereocenters. The highest BCUT2D eigenvalue weighted by Gasteiger charge is 2.16. The van der Waals surface area contributed by atoms with Crippen molar-refractivity contribution in [1.29, 1.82) is 0 Å². The van der Waals surface area contributed by atoms with Gasteiger partial charge in [-0.1, -0.05) is 11.6 Å². The van der Waals surface area contributed by atoms with Gasteiger partial charge in [-0.3, -0.25) is 14.3 Å². The van der Waals surface area contributed by atoms with Gasteiger partial charge in [0.25, 0.3) is 5.91 Å². The van der Waals surface area contributed by atoms with Crippen LogP contribution in [0.3, 0.4) is 0 Å². The molecule has 0 bridgehead atoms. The van der Waals surface area contributed by atoms with E-state index in [0.29, 0.717) is 22.7 Å². The molecule has 1 aromatic carbocycles. The molecule has 0 radical (unpaired) electrons. The number of aromatic nitrogens is 3. The Kier molecular flexibility index (Phi) is 3.31. The zero-order valence-electron chi connectivity index (χ0n) is 12.0. The third kappa shape index (κ3) is 2.47. The normalized spacial score (nSPS) is 13.9. The number of benzene rings is 1. The molecule has 23 heavy (non-hydrogen) atoms. The van der Waals surface area contributed by atoms with Crippen LogP contribution in [0.25, 0.3) is 10.9 Å². The van der Waals surface area contributed by atoms with E-state index in [-0.39, 0.29) is 5.91 Å². The lowest BCUT2D eigenvalue weighted by Gasteiger charge is -2.08. The van der Waals surface area contributed by atoms with Crippen LogP contribution in [-0.2, 0) is 6.54 Å². The first-order valence-electron chi connectivity index (χ1n) is 7.15. The first kappa shape index (κ1) is 13.9. The van der Waals surface area contributed by atoms with Gasteiger partial charge in [0.15, 0.2) is 0 Å². The van der Waals surface area contributed by atoms with Crippen LogP contribution >= 0.6 is 11.6 Å². The summed E-state index contributed by atoms with van der Waals surface area (Å²) in [5, 5.41) is 4.87. The Morgan fingerprint density at radius 2 is 2.26 bits per heavy atom. The first-order valence-corrected chi connectivity index (χ1v) is 7.53. The number of nitrogens with one attached hydrogen (secondary N) is 1. The fourth-order valence-electron chi connectivity index (χ4n) is 2.63. The fraction of sp³-hybridized carbons (Fsp3) is 0.125. The highest BCUT2D eigenvalue weighted by atomic mass is 35.5. The van der Waals surface area contributed by atoms with Gasteiger partial charge >= 0.3 is 0 Å². The standard InChI is InChI=1S/C16H12ClN5O/c17-11-3-4-13-12(8-11)14-19-6-7-22(14)16(20-13)21-15(23)10-2-1-5-18-9-10/h1-5,8-9,19H,6-7H2. The van der Waals surface area contributed by atoms with Crippen molar-refractivity contribution in [3.8, 4) is 0 Å². The molecule has 0 aliphatic carbocycles. The van der Waals surface area contributed by atoms with Crippen LogP contribution in [0.2, 0.25) is 5.02 Å². The maximum Gasteiger partial charge on any atom is 0.281 e. The number of nitrogens with zero attached hydrogens (tertiary/aromatic N) is 4. The Morgan fingerprint density at radius 3 is 3.09 bits per heavy atom. The van der Waals surface area contributed by atoms with Crippen LogP contribution in [0.1, 0.15) is 10.4 Å². The topological polar surface area (TPSA) is 72.2 Å². The maximum absolute atomic E-state index is 12.3. The number of anilines is 1. The molecule has 1 N–H and O–H groups in total. The molecule has 0 fully saturated rings. The number of rotatable bonds is 1. The van der Waals surface area contributed by atoms with Crippen LogP contribution in [0, 0.1) is 0 Å². The molecule has 6 nitrogen and oxygen atoms in total. The number of carbonyl (C=O) groups is 1. The van der Waals surface area contributed by atoms with E-state index in [1.54, 1.807) is 24.4 Å². The number of halogens is 1. The minimum Gasteiger partial charge on any atom is -0.369 e. The number of amides is 1. The van der Waals surface area contributed by atoms with Gasteiger partial charge < -0.3 is 5.32 Å². The smallest absolute Gasteiger partial charge is 0.281 e. The van der Waals surface area contributed by atoms with Crippen molar-refractivity contribution < 1.29 is 4.79 Å². The molecule has 0 atom stereocenters. The molecular formula is C16H12ClN5O. The molecule has 2 aromatic heterocycles. The second kappa shape index (κ2) is 5.48. The number of hydrogen-bond donors (Lipinski definition) is 1. The minimum atomic E-state index is -0.361. The largest absolute Gasteiger partial charge is 0.369 e. The third-order valence-electron chi connectivity index (χ3n) is 3.68. The molecule has 0 saturated carbocycles. The lowest BCUT2D eigenvalue weighted by atomic mass is 10.2.